The average molecular weight is 331 g/mol. The molecule has 0 bridgehead atoms. The molecule has 0 saturated carbocycles. The first kappa shape index (κ1) is 16.8. The summed E-state index contributed by atoms with van der Waals surface area (Å²) in [5.74, 6) is 2.06. The van der Waals surface area contributed by atoms with Gasteiger partial charge in [0.15, 0.2) is 5.96 Å². The highest BCUT2D eigenvalue weighted by Gasteiger charge is 1.93. The lowest BCUT2D eigenvalue weighted by atomic mass is 10.5. The minimum absolute atomic E-state index is 0. The molecule has 2 N–H and O–H groups in total. The van der Waals surface area contributed by atoms with Crippen LogP contribution in [0.2, 0.25) is 0 Å². The molecule has 0 amide bonds. The summed E-state index contributed by atoms with van der Waals surface area (Å²) in [6, 6.07) is 0. The Morgan fingerprint density at radius 2 is 2.00 bits per heavy atom. The quantitative estimate of drug-likeness (QED) is 0.338. The molecule has 14 heavy (non-hydrogen) atoms. The number of guanidine groups is 1. The van der Waals surface area contributed by atoms with Gasteiger partial charge >= 0.3 is 0 Å². The van der Waals surface area contributed by atoms with Crippen molar-refractivity contribution >= 4 is 41.7 Å². The molecule has 0 aliphatic rings. The van der Waals surface area contributed by atoms with E-state index in [4.69, 9.17) is 0 Å². The average Bonchev–Trinajstić information content (AvgIpc) is 2.14. The molecule has 0 unspecified atom stereocenters. The smallest absolute Gasteiger partial charge is 0.191 e. The topological polar surface area (TPSA) is 36.4 Å². The predicted octanol–water partition coefficient (Wildman–Crippen LogP) is 1.93. The summed E-state index contributed by atoms with van der Waals surface area (Å²) < 4.78 is 0. The van der Waals surface area contributed by atoms with Crippen molar-refractivity contribution in [1.82, 2.24) is 10.6 Å². The molecule has 0 fully saturated rings. The monoisotopic (exact) mass is 331 g/mol. The summed E-state index contributed by atoms with van der Waals surface area (Å²) in [6.07, 6.45) is 3.21. The van der Waals surface area contributed by atoms with Gasteiger partial charge in [-0.25, -0.2) is 0 Å². The first-order chi connectivity index (χ1) is 6.35. The molecule has 0 aromatic heterocycles. The van der Waals surface area contributed by atoms with Gasteiger partial charge in [-0.2, -0.15) is 11.8 Å². The van der Waals surface area contributed by atoms with E-state index in [-0.39, 0.29) is 24.0 Å². The highest BCUT2D eigenvalue weighted by molar-refractivity contribution is 14.0. The van der Waals surface area contributed by atoms with Gasteiger partial charge in [-0.15, -0.1) is 24.0 Å². The molecule has 3 nitrogen and oxygen atoms in total. The largest absolute Gasteiger partial charge is 0.357 e. The van der Waals surface area contributed by atoms with Crippen LogP contribution in [0, 0.1) is 0 Å². The van der Waals surface area contributed by atoms with Crippen LogP contribution < -0.4 is 10.6 Å². The van der Waals surface area contributed by atoms with E-state index in [9.17, 15) is 0 Å². The first-order valence-electron chi connectivity index (χ1n) is 4.86. The minimum atomic E-state index is 0. The van der Waals surface area contributed by atoms with Crippen molar-refractivity contribution in [3.63, 3.8) is 0 Å². The van der Waals surface area contributed by atoms with Gasteiger partial charge in [-0.3, -0.25) is 4.99 Å². The summed E-state index contributed by atoms with van der Waals surface area (Å²) in [5.41, 5.74) is 0. The highest BCUT2D eigenvalue weighted by atomic mass is 127. The van der Waals surface area contributed by atoms with E-state index in [1.807, 2.05) is 11.8 Å². The Kier molecular flexibility index (Phi) is 16.0. The molecule has 0 rings (SSSR count). The zero-order chi connectivity index (χ0) is 9.94. The fraction of sp³-hybridized carbons (Fsp3) is 0.889. The Balaban J connectivity index is 0. The fourth-order valence-electron chi connectivity index (χ4n) is 0.837. The van der Waals surface area contributed by atoms with Gasteiger partial charge < -0.3 is 10.6 Å². The van der Waals surface area contributed by atoms with E-state index in [1.165, 1.54) is 0 Å². The maximum Gasteiger partial charge on any atom is 0.191 e. The summed E-state index contributed by atoms with van der Waals surface area (Å²) in [4.78, 5) is 4.39. The van der Waals surface area contributed by atoms with Crippen molar-refractivity contribution in [2.24, 2.45) is 4.99 Å². The Labute approximate surface area is 109 Å². The van der Waals surface area contributed by atoms with Gasteiger partial charge in [0.1, 0.15) is 0 Å². The molecule has 0 heterocycles. The van der Waals surface area contributed by atoms with Gasteiger partial charge in [-0.05, 0) is 19.6 Å². The number of hydrogen-bond donors (Lipinski definition) is 2. The molecular weight excluding hydrogens is 309 g/mol. The number of aliphatic imine (C=N–C) groups is 1. The van der Waals surface area contributed by atoms with Crippen molar-refractivity contribution in [2.75, 3.05) is 31.6 Å². The summed E-state index contributed by atoms with van der Waals surface area (Å²) in [5, 5.41) is 6.48. The van der Waals surface area contributed by atoms with Crippen LogP contribution in [-0.2, 0) is 0 Å². The molecular formula is C9H22IN3S. The fourth-order valence-corrected chi connectivity index (χ4v) is 1.14. The molecule has 0 aromatic carbocycles. The number of thioether (sulfide) groups is 1. The van der Waals surface area contributed by atoms with Crippen LogP contribution in [0.4, 0.5) is 0 Å². The molecule has 86 valence electrons. The van der Waals surface area contributed by atoms with Crippen molar-refractivity contribution in [2.45, 2.75) is 20.3 Å². The number of halogens is 1. The van der Waals surface area contributed by atoms with Gasteiger partial charge in [0, 0.05) is 25.4 Å². The van der Waals surface area contributed by atoms with Crippen LogP contribution in [0.25, 0.3) is 0 Å². The predicted molar refractivity (Wildman–Crippen MR) is 78.1 cm³/mol. The van der Waals surface area contributed by atoms with Crippen molar-refractivity contribution in [3.05, 3.63) is 0 Å². The van der Waals surface area contributed by atoms with Crippen LogP contribution in [0.5, 0.6) is 0 Å². The molecule has 5 heteroatoms. The third-order valence-electron chi connectivity index (χ3n) is 1.44. The lowest BCUT2D eigenvalue weighted by Gasteiger charge is -2.09. The highest BCUT2D eigenvalue weighted by Crippen LogP contribution is 1.87. The lowest BCUT2D eigenvalue weighted by molar-refractivity contribution is 0.830. The van der Waals surface area contributed by atoms with E-state index < -0.39 is 0 Å². The molecule has 0 saturated heterocycles. The number of hydrogen-bond acceptors (Lipinski definition) is 2. The minimum Gasteiger partial charge on any atom is -0.357 e. The second-order valence-electron chi connectivity index (χ2n) is 2.68. The first-order valence-corrected chi connectivity index (χ1v) is 6.25. The van der Waals surface area contributed by atoms with E-state index >= 15 is 0 Å². The zero-order valence-corrected chi connectivity index (χ0v) is 12.4. The Morgan fingerprint density at radius 3 is 2.50 bits per heavy atom. The van der Waals surface area contributed by atoms with E-state index in [0.717, 1.165) is 37.8 Å². The lowest BCUT2D eigenvalue weighted by Crippen LogP contribution is -2.38. The maximum atomic E-state index is 4.39. The molecule has 0 atom stereocenters. The Morgan fingerprint density at radius 1 is 1.29 bits per heavy atom. The number of nitrogens with one attached hydrogen (secondary N) is 2. The normalized spacial score (nSPS) is 10.6. The number of nitrogens with zero attached hydrogens (tertiary/aromatic N) is 1. The Bertz CT molecular complexity index is 142. The van der Waals surface area contributed by atoms with Crippen molar-refractivity contribution in [3.8, 4) is 0 Å². The molecule has 0 aromatic rings. The SMILES string of the molecule is CCCN=C(NCC)NCCSC.I. The second-order valence-corrected chi connectivity index (χ2v) is 3.67. The van der Waals surface area contributed by atoms with Crippen molar-refractivity contribution < 1.29 is 0 Å². The Hall–Kier alpha value is 0.350. The van der Waals surface area contributed by atoms with Gasteiger partial charge in [0.25, 0.3) is 0 Å². The molecule has 0 spiro atoms. The third kappa shape index (κ3) is 10.4. The molecule has 0 aliphatic carbocycles. The number of rotatable bonds is 6. The zero-order valence-electron chi connectivity index (χ0n) is 9.30. The van der Waals surface area contributed by atoms with Gasteiger partial charge in [0.2, 0.25) is 0 Å². The molecule has 0 aliphatic heterocycles. The molecule has 0 radical (unpaired) electrons. The van der Waals surface area contributed by atoms with Crippen LogP contribution in [0.3, 0.4) is 0 Å². The van der Waals surface area contributed by atoms with Crippen LogP contribution in [-0.4, -0.2) is 37.6 Å². The maximum absolute atomic E-state index is 4.39. The van der Waals surface area contributed by atoms with Gasteiger partial charge in [-0.1, -0.05) is 6.92 Å². The third-order valence-corrected chi connectivity index (χ3v) is 2.05. The van der Waals surface area contributed by atoms with Crippen LogP contribution >= 0.6 is 35.7 Å². The summed E-state index contributed by atoms with van der Waals surface area (Å²) in [6.45, 7) is 7.02. The van der Waals surface area contributed by atoms with E-state index in [2.05, 4.69) is 35.7 Å². The summed E-state index contributed by atoms with van der Waals surface area (Å²) in [7, 11) is 0. The van der Waals surface area contributed by atoms with E-state index in [1.54, 1.807) is 0 Å². The van der Waals surface area contributed by atoms with Crippen molar-refractivity contribution in [1.29, 1.82) is 0 Å². The van der Waals surface area contributed by atoms with E-state index in [0.29, 0.717) is 0 Å². The second kappa shape index (κ2) is 13.4. The van der Waals surface area contributed by atoms with Crippen LogP contribution in [0.1, 0.15) is 20.3 Å². The van der Waals surface area contributed by atoms with Crippen LogP contribution in [0.15, 0.2) is 4.99 Å². The van der Waals surface area contributed by atoms with Gasteiger partial charge in [0.05, 0.1) is 0 Å². The standard InChI is InChI=1S/C9H21N3S.HI/c1-4-6-11-9(10-5-2)12-7-8-13-3;/h4-8H2,1-3H3,(H2,10,11,12);1H. The summed E-state index contributed by atoms with van der Waals surface area (Å²) >= 11 is 1.84.